The molecule has 1 aliphatic heterocycles. The van der Waals surface area contributed by atoms with Crippen LogP contribution in [-0.2, 0) is 13.1 Å². The smallest absolute Gasteiger partial charge is 0.265 e. The molecule has 0 spiro atoms. The quantitative estimate of drug-likeness (QED) is 0.872. The number of thiophene rings is 1. The van der Waals surface area contributed by atoms with Gasteiger partial charge in [-0.15, -0.1) is 11.3 Å². The fourth-order valence-electron chi connectivity index (χ4n) is 3.92. The van der Waals surface area contributed by atoms with Gasteiger partial charge < -0.3 is 10.1 Å². The second-order valence-corrected chi connectivity index (χ2v) is 8.17. The fraction of sp³-hybridized carbons (Fsp3) is 0.450. The molecule has 1 amide bonds. The van der Waals surface area contributed by atoms with Gasteiger partial charge in [-0.05, 0) is 55.2 Å². The summed E-state index contributed by atoms with van der Waals surface area (Å²) in [5.41, 5.74) is 3.18. The molecule has 1 aromatic heterocycles. The Morgan fingerprint density at radius 1 is 1.24 bits per heavy atom. The van der Waals surface area contributed by atoms with E-state index in [2.05, 4.69) is 16.3 Å². The number of hydrogen-bond acceptors (Lipinski definition) is 4. The zero-order valence-corrected chi connectivity index (χ0v) is 15.6. The number of nitrogens with zero attached hydrogens (tertiary/aromatic N) is 1. The number of rotatable bonds is 4. The molecule has 0 saturated heterocycles. The lowest BCUT2D eigenvalue weighted by molar-refractivity contribution is 0.103. The van der Waals surface area contributed by atoms with E-state index in [-0.39, 0.29) is 5.91 Å². The van der Waals surface area contributed by atoms with Gasteiger partial charge in [-0.25, -0.2) is 0 Å². The Bertz CT molecular complexity index is 769. The molecule has 0 unspecified atom stereocenters. The van der Waals surface area contributed by atoms with Gasteiger partial charge in [0.25, 0.3) is 5.91 Å². The molecular formula is C20H24N2O2S. The first-order chi connectivity index (χ1) is 12.1. The predicted octanol–water partition coefficient (Wildman–Crippen LogP) is 4.58. The highest BCUT2D eigenvalue weighted by Crippen LogP contribution is 2.36. The first-order valence-corrected chi connectivity index (χ1v) is 9.77. The van der Waals surface area contributed by atoms with Gasteiger partial charge in [0.15, 0.2) is 0 Å². The largest absolute Gasteiger partial charge is 0.497 e. The zero-order chi connectivity index (χ0) is 17.4. The summed E-state index contributed by atoms with van der Waals surface area (Å²) in [6.45, 7) is 4.00. The lowest BCUT2D eigenvalue weighted by Crippen LogP contribution is -2.27. The molecule has 0 atom stereocenters. The Morgan fingerprint density at radius 2 is 2.04 bits per heavy atom. The summed E-state index contributed by atoms with van der Waals surface area (Å²) in [7, 11) is 1.65. The first kappa shape index (κ1) is 16.6. The van der Waals surface area contributed by atoms with E-state index < -0.39 is 0 Å². The van der Waals surface area contributed by atoms with E-state index in [1.54, 1.807) is 18.4 Å². The lowest BCUT2D eigenvalue weighted by Gasteiger charge is -2.22. The van der Waals surface area contributed by atoms with E-state index in [1.807, 2.05) is 25.1 Å². The average Bonchev–Trinajstić information content (AvgIpc) is 3.31. The number of nitrogens with one attached hydrogen (secondary N) is 1. The van der Waals surface area contributed by atoms with Crippen molar-refractivity contribution >= 4 is 22.9 Å². The van der Waals surface area contributed by atoms with Crippen molar-refractivity contribution < 1.29 is 9.53 Å². The molecule has 4 nitrogen and oxygen atoms in total. The lowest BCUT2D eigenvalue weighted by atomic mass is 10.2. The Labute approximate surface area is 152 Å². The molecule has 2 aliphatic rings. The minimum atomic E-state index is -0.0138. The van der Waals surface area contributed by atoms with Crippen LogP contribution in [0.2, 0.25) is 0 Å². The minimum Gasteiger partial charge on any atom is -0.497 e. The number of fused-ring (bicyclic) bond motifs is 1. The van der Waals surface area contributed by atoms with E-state index in [9.17, 15) is 4.79 Å². The summed E-state index contributed by atoms with van der Waals surface area (Å²) in [5.74, 6) is 0.790. The van der Waals surface area contributed by atoms with Crippen LogP contribution in [-0.4, -0.2) is 24.0 Å². The Kier molecular flexibility index (Phi) is 4.52. The van der Waals surface area contributed by atoms with Crippen molar-refractivity contribution in [2.45, 2.75) is 51.7 Å². The van der Waals surface area contributed by atoms with E-state index in [4.69, 9.17) is 4.74 Å². The molecule has 25 heavy (non-hydrogen) atoms. The van der Waals surface area contributed by atoms with Crippen molar-refractivity contribution in [3.05, 3.63) is 45.1 Å². The third kappa shape index (κ3) is 3.31. The molecule has 0 bridgehead atoms. The van der Waals surface area contributed by atoms with Crippen LogP contribution < -0.4 is 10.1 Å². The van der Waals surface area contributed by atoms with Gasteiger partial charge in [-0.2, -0.15) is 0 Å². The van der Waals surface area contributed by atoms with Crippen molar-refractivity contribution in [1.29, 1.82) is 0 Å². The van der Waals surface area contributed by atoms with Crippen LogP contribution in [0.15, 0.2) is 24.3 Å². The van der Waals surface area contributed by atoms with Gasteiger partial charge in [-0.3, -0.25) is 9.69 Å². The summed E-state index contributed by atoms with van der Waals surface area (Å²) in [5, 5.41) is 3.04. The molecule has 4 rings (SSSR count). The predicted molar refractivity (Wildman–Crippen MR) is 102 cm³/mol. The fourth-order valence-corrected chi connectivity index (χ4v) is 5.02. The topological polar surface area (TPSA) is 41.6 Å². The summed E-state index contributed by atoms with van der Waals surface area (Å²) < 4.78 is 5.22. The monoisotopic (exact) mass is 356 g/mol. The summed E-state index contributed by atoms with van der Waals surface area (Å²) in [6, 6.07) is 8.54. The van der Waals surface area contributed by atoms with E-state index in [1.165, 1.54) is 36.1 Å². The van der Waals surface area contributed by atoms with Gasteiger partial charge in [0.2, 0.25) is 0 Å². The van der Waals surface area contributed by atoms with Crippen LogP contribution in [0, 0.1) is 6.92 Å². The standard InChI is InChI=1S/C20H24N2O2S/c1-13-9-16(24-2)7-8-17(13)21-20(23)18-10-14-11-22(12-19(14)25-18)15-5-3-4-6-15/h7-10,15H,3-6,11-12H2,1-2H3,(H,21,23). The molecule has 1 N–H and O–H groups in total. The van der Waals surface area contributed by atoms with Gasteiger partial charge in [0.1, 0.15) is 5.75 Å². The average molecular weight is 356 g/mol. The highest BCUT2D eigenvalue weighted by molar-refractivity contribution is 7.14. The van der Waals surface area contributed by atoms with Crippen molar-refractivity contribution in [1.82, 2.24) is 4.90 Å². The third-order valence-electron chi connectivity index (χ3n) is 5.36. The molecule has 5 heteroatoms. The Morgan fingerprint density at radius 3 is 2.72 bits per heavy atom. The molecule has 1 aliphatic carbocycles. The minimum absolute atomic E-state index is 0.0138. The van der Waals surface area contributed by atoms with Crippen molar-refractivity contribution in [3.63, 3.8) is 0 Å². The molecule has 1 fully saturated rings. The number of methoxy groups -OCH3 is 1. The van der Waals surface area contributed by atoms with Crippen LogP contribution in [0.1, 0.15) is 51.4 Å². The SMILES string of the molecule is COc1ccc(NC(=O)c2cc3c(s2)CN(C2CCCC2)C3)c(C)c1. The normalized spacial score (nSPS) is 17.7. The number of hydrogen-bond donors (Lipinski definition) is 1. The van der Waals surface area contributed by atoms with Crippen LogP contribution in [0.25, 0.3) is 0 Å². The molecule has 2 aromatic rings. The van der Waals surface area contributed by atoms with Crippen LogP contribution in [0.3, 0.4) is 0 Å². The molecule has 2 heterocycles. The van der Waals surface area contributed by atoms with Crippen LogP contribution >= 0.6 is 11.3 Å². The van der Waals surface area contributed by atoms with Crippen molar-refractivity contribution in [2.75, 3.05) is 12.4 Å². The van der Waals surface area contributed by atoms with E-state index >= 15 is 0 Å². The van der Waals surface area contributed by atoms with E-state index in [0.29, 0.717) is 0 Å². The third-order valence-corrected chi connectivity index (χ3v) is 6.52. The van der Waals surface area contributed by atoms with Crippen LogP contribution in [0.4, 0.5) is 5.69 Å². The maximum Gasteiger partial charge on any atom is 0.265 e. The number of carbonyl (C=O) groups is 1. The van der Waals surface area contributed by atoms with Crippen molar-refractivity contribution in [3.8, 4) is 5.75 Å². The maximum absolute atomic E-state index is 12.6. The van der Waals surface area contributed by atoms with Gasteiger partial charge in [0, 0.05) is 29.7 Å². The molecule has 132 valence electrons. The summed E-state index contributed by atoms with van der Waals surface area (Å²) in [4.78, 5) is 17.4. The summed E-state index contributed by atoms with van der Waals surface area (Å²) in [6.07, 6.45) is 5.39. The number of benzene rings is 1. The van der Waals surface area contributed by atoms with Crippen molar-refractivity contribution in [2.24, 2.45) is 0 Å². The molecular weight excluding hydrogens is 332 g/mol. The number of aryl methyl sites for hydroxylation is 1. The molecule has 1 saturated carbocycles. The highest BCUT2D eigenvalue weighted by Gasteiger charge is 2.30. The van der Waals surface area contributed by atoms with Gasteiger partial charge in [-0.1, -0.05) is 12.8 Å². The first-order valence-electron chi connectivity index (χ1n) is 8.95. The second kappa shape index (κ2) is 6.81. The molecule has 1 aromatic carbocycles. The summed E-state index contributed by atoms with van der Waals surface area (Å²) >= 11 is 1.65. The van der Waals surface area contributed by atoms with Gasteiger partial charge >= 0.3 is 0 Å². The number of amides is 1. The second-order valence-electron chi connectivity index (χ2n) is 7.04. The number of ether oxygens (including phenoxy) is 1. The Balaban J connectivity index is 1.44. The zero-order valence-electron chi connectivity index (χ0n) is 14.8. The number of carbonyl (C=O) groups excluding carboxylic acids is 1. The van der Waals surface area contributed by atoms with Gasteiger partial charge in [0.05, 0.1) is 12.0 Å². The maximum atomic E-state index is 12.6. The molecule has 0 radical (unpaired) electrons. The number of anilines is 1. The van der Waals surface area contributed by atoms with Crippen LogP contribution in [0.5, 0.6) is 5.75 Å². The highest BCUT2D eigenvalue weighted by atomic mass is 32.1. The Hall–Kier alpha value is -1.85. The van der Waals surface area contributed by atoms with E-state index in [0.717, 1.165) is 41.0 Å².